The lowest BCUT2D eigenvalue weighted by molar-refractivity contribution is 0.0691. The molecule has 2 aromatic rings. The maximum absolute atomic E-state index is 11.5. The Bertz CT molecular complexity index is 613. The number of hydrogen-bond donors (Lipinski definition) is 2. The van der Waals surface area contributed by atoms with Crippen molar-refractivity contribution in [1.82, 2.24) is 14.8 Å². The minimum atomic E-state index is -1.15. The number of halogens is 1. The second kappa shape index (κ2) is 3.09. The molecule has 2 heterocycles. The summed E-state index contributed by atoms with van der Waals surface area (Å²) in [7, 11) is 1.44. The van der Waals surface area contributed by atoms with Crippen LogP contribution in [-0.2, 0) is 7.05 Å². The monoisotopic (exact) mass is 227 g/mol. The number of aromatic amines is 1. The van der Waals surface area contributed by atoms with Crippen molar-refractivity contribution in [2.45, 2.75) is 0 Å². The summed E-state index contributed by atoms with van der Waals surface area (Å²) in [6, 6.07) is 1.29. The fraction of sp³-hybridized carbons (Fsp3) is 0.125. The van der Waals surface area contributed by atoms with Crippen LogP contribution >= 0.6 is 11.6 Å². The summed E-state index contributed by atoms with van der Waals surface area (Å²) in [6.07, 6.45) is 0. The van der Waals surface area contributed by atoms with Gasteiger partial charge in [-0.1, -0.05) is 11.6 Å². The maximum Gasteiger partial charge on any atom is 0.352 e. The Labute approximate surface area is 88.1 Å². The third-order valence-electron chi connectivity index (χ3n) is 2.02. The van der Waals surface area contributed by atoms with Crippen LogP contribution in [0, 0.1) is 0 Å². The van der Waals surface area contributed by atoms with Crippen molar-refractivity contribution < 1.29 is 9.90 Å². The number of aromatic carboxylic acids is 1. The molecule has 0 fully saturated rings. The van der Waals surface area contributed by atoms with Gasteiger partial charge in [0.05, 0.1) is 0 Å². The topological polar surface area (TPSA) is 88.0 Å². The Morgan fingerprint density at radius 1 is 1.67 bits per heavy atom. The second-order valence-electron chi connectivity index (χ2n) is 3.00. The molecule has 0 radical (unpaired) electrons. The SMILES string of the molecule is Cn1nc(Cl)c2cc(C(=O)O)[nH]c2c1=O. The highest BCUT2D eigenvalue weighted by molar-refractivity contribution is 6.34. The van der Waals surface area contributed by atoms with Crippen LogP contribution in [0.25, 0.3) is 10.9 Å². The minimum Gasteiger partial charge on any atom is -0.477 e. The molecule has 0 unspecified atom stereocenters. The summed E-state index contributed by atoms with van der Waals surface area (Å²) in [6.45, 7) is 0. The van der Waals surface area contributed by atoms with Gasteiger partial charge < -0.3 is 10.1 Å². The first-order valence-corrected chi connectivity index (χ1v) is 4.37. The van der Waals surface area contributed by atoms with E-state index in [2.05, 4.69) is 10.1 Å². The number of fused-ring (bicyclic) bond motifs is 1. The molecule has 2 N–H and O–H groups in total. The van der Waals surface area contributed by atoms with Crippen LogP contribution in [0.2, 0.25) is 5.15 Å². The number of carboxylic acid groups (broad SMARTS) is 1. The number of carboxylic acids is 1. The molecule has 0 amide bonds. The van der Waals surface area contributed by atoms with Crippen LogP contribution in [0.5, 0.6) is 0 Å². The lowest BCUT2D eigenvalue weighted by atomic mass is 10.3. The molecule has 15 heavy (non-hydrogen) atoms. The van der Waals surface area contributed by atoms with Crippen molar-refractivity contribution >= 4 is 28.5 Å². The standard InChI is InChI=1S/C8H6ClN3O3/c1-12-7(13)5-3(6(9)11-12)2-4(10-5)8(14)15/h2,10H,1H3,(H,14,15). The molecule has 2 rings (SSSR count). The fourth-order valence-corrected chi connectivity index (χ4v) is 1.56. The molecular weight excluding hydrogens is 222 g/mol. The average molecular weight is 228 g/mol. The van der Waals surface area contributed by atoms with Crippen molar-refractivity contribution in [1.29, 1.82) is 0 Å². The van der Waals surface area contributed by atoms with E-state index in [-0.39, 0.29) is 16.4 Å². The average Bonchev–Trinajstić information content (AvgIpc) is 2.59. The highest BCUT2D eigenvalue weighted by Crippen LogP contribution is 2.18. The summed E-state index contributed by atoms with van der Waals surface area (Å²) in [5.74, 6) is -1.15. The van der Waals surface area contributed by atoms with Crippen LogP contribution in [-0.4, -0.2) is 25.8 Å². The number of carbonyl (C=O) groups is 1. The molecule has 2 aromatic heterocycles. The number of nitrogens with one attached hydrogen (secondary N) is 1. The lowest BCUT2D eigenvalue weighted by Gasteiger charge is -1.96. The number of nitrogens with zero attached hydrogens (tertiary/aromatic N) is 2. The quantitative estimate of drug-likeness (QED) is 0.747. The van der Waals surface area contributed by atoms with E-state index >= 15 is 0 Å². The Balaban J connectivity index is 2.92. The van der Waals surface area contributed by atoms with Gasteiger partial charge in [0.15, 0.2) is 5.15 Å². The van der Waals surface area contributed by atoms with Gasteiger partial charge in [-0.25, -0.2) is 9.48 Å². The molecule has 7 heteroatoms. The molecule has 0 atom stereocenters. The van der Waals surface area contributed by atoms with Gasteiger partial charge >= 0.3 is 5.97 Å². The first-order chi connectivity index (χ1) is 7.00. The third-order valence-corrected chi connectivity index (χ3v) is 2.30. The lowest BCUT2D eigenvalue weighted by Crippen LogP contribution is -2.19. The Morgan fingerprint density at radius 2 is 2.33 bits per heavy atom. The smallest absolute Gasteiger partial charge is 0.352 e. The van der Waals surface area contributed by atoms with Gasteiger partial charge in [0.1, 0.15) is 11.2 Å². The Kier molecular flexibility index (Phi) is 2.01. The van der Waals surface area contributed by atoms with E-state index in [1.807, 2.05) is 0 Å². The van der Waals surface area contributed by atoms with Gasteiger partial charge in [0.2, 0.25) is 0 Å². The van der Waals surface area contributed by atoms with E-state index in [0.29, 0.717) is 5.39 Å². The number of aryl methyl sites for hydroxylation is 1. The van der Waals surface area contributed by atoms with Crippen LogP contribution in [0.15, 0.2) is 10.9 Å². The van der Waals surface area contributed by atoms with Crippen molar-refractivity contribution in [3.63, 3.8) is 0 Å². The van der Waals surface area contributed by atoms with E-state index < -0.39 is 11.5 Å². The Hall–Kier alpha value is -1.82. The van der Waals surface area contributed by atoms with Crippen LogP contribution in [0.3, 0.4) is 0 Å². The van der Waals surface area contributed by atoms with E-state index in [4.69, 9.17) is 16.7 Å². The Morgan fingerprint density at radius 3 is 2.93 bits per heavy atom. The number of aromatic nitrogens is 3. The summed E-state index contributed by atoms with van der Waals surface area (Å²) in [5.41, 5.74) is -0.353. The molecule has 0 aliphatic heterocycles. The van der Waals surface area contributed by atoms with E-state index in [9.17, 15) is 9.59 Å². The summed E-state index contributed by atoms with van der Waals surface area (Å²) in [4.78, 5) is 24.7. The molecule has 0 saturated carbocycles. The highest BCUT2D eigenvalue weighted by atomic mass is 35.5. The summed E-state index contributed by atoms with van der Waals surface area (Å²) in [5, 5.41) is 12.9. The highest BCUT2D eigenvalue weighted by Gasteiger charge is 2.14. The number of hydrogen-bond acceptors (Lipinski definition) is 3. The van der Waals surface area contributed by atoms with Gasteiger partial charge in [-0.3, -0.25) is 4.79 Å². The van der Waals surface area contributed by atoms with Crippen molar-refractivity contribution in [3.8, 4) is 0 Å². The molecule has 6 nitrogen and oxygen atoms in total. The molecule has 78 valence electrons. The molecular formula is C8H6ClN3O3. The molecule has 0 aromatic carbocycles. The predicted molar refractivity (Wildman–Crippen MR) is 53.3 cm³/mol. The van der Waals surface area contributed by atoms with Gasteiger partial charge in [0, 0.05) is 12.4 Å². The van der Waals surface area contributed by atoms with Gasteiger partial charge in [0.25, 0.3) is 5.56 Å². The summed E-state index contributed by atoms with van der Waals surface area (Å²) < 4.78 is 1.05. The molecule has 0 aliphatic rings. The maximum atomic E-state index is 11.5. The number of rotatable bonds is 1. The molecule has 0 spiro atoms. The number of H-pyrrole nitrogens is 1. The molecule has 0 bridgehead atoms. The zero-order valence-corrected chi connectivity index (χ0v) is 8.37. The molecule has 0 aliphatic carbocycles. The molecule has 0 saturated heterocycles. The van der Waals surface area contributed by atoms with Gasteiger partial charge in [-0.05, 0) is 6.07 Å². The van der Waals surface area contributed by atoms with Gasteiger partial charge in [-0.2, -0.15) is 5.10 Å². The van der Waals surface area contributed by atoms with Crippen molar-refractivity contribution in [2.24, 2.45) is 7.05 Å². The predicted octanol–water partition coefficient (Wildman–Crippen LogP) is 0.613. The van der Waals surface area contributed by atoms with Crippen LogP contribution in [0.1, 0.15) is 10.5 Å². The first kappa shape index (κ1) is 9.72. The van der Waals surface area contributed by atoms with E-state index in [0.717, 1.165) is 4.68 Å². The third kappa shape index (κ3) is 1.39. The van der Waals surface area contributed by atoms with Gasteiger partial charge in [-0.15, -0.1) is 0 Å². The minimum absolute atomic E-state index is 0.0861. The van der Waals surface area contributed by atoms with Crippen LogP contribution < -0.4 is 5.56 Å². The second-order valence-corrected chi connectivity index (χ2v) is 3.35. The summed E-state index contributed by atoms with van der Waals surface area (Å²) >= 11 is 5.77. The van der Waals surface area contributed by atoms with E-state index in [1.54, 1.807) is 0 Å². The largest absolute Gasteiger partial charge is 0.477 e. The van der Waals surface area contributed by atoms with Crippen molar-refractivity contribution in [3.05, 3.63) is 27.3 Å². The van der Waals surface area contributed by atoms with E-state index in [1.165, 1.54) is 13.1 Å². The normalized spacial score (nSPS) is 10.8. The zero-order valence-electron chi connectivity index (χ0n) is 7.61. The zero-order chi connectivity index (χ0) is 11.2. The van der Waals surface area contributed by atoms with Crippen molar-refractivity contribution in [2.75, 3.05) is 0 Å². The first-order valence-electron chi connectivity index (χ1n) is 3.99. The fourth-order valence-electron chi connectivity index (χ4n) is 1.29. The van der Waals surface area contributed by atoms with Crippen LogP contribution in [0.4, 0.5) is 0 Å².